The highest BCUT2D eigenvalue weighted by Gasteiger charge is 2.08. The van der Waals surface area contributed by atoms with Crippen LogP contribution in [0.15, 0.2) is 18.2 Å². The lowest BCUT2D eigenvalue weighted by Crippen LogP contribution is -2.06. The van der Waals surface area contributed by atoms with Gasteiger partial charge in [-0.15, -0.1) is 0 Å². The zero-order valence-electron chi connectivity index (χ0n) is 11.9. The lowest BCUT2D eigenvalue weighted by Gasteiger charge is -2.14. The van der Waals surface area contributed by atoms with Crippen LogP contribution in [-0.4, -0.2) is 12.4 Å². The molecule has 2 N–H and O–H groups in total. The van der Waals surface area contributed by atoms with Crippen LogP contribution >= 0.6 is 11.8 Å². The molecule has 0 aliphatic rings. The zero-order valence-corrected chi connectivity index (χ0v) is 12.7. The van der Waals surface area contributed by atoms with Gasteiger partial charge >= 0.3 is 0 Å². The second-order valence-electron chi connectivity index (χ2n) is 5.00. The molecule has 0 saturated heterocycles. The van der Waals surface area contributed by atoms with E-state index in [9.17, 15) is 0 Å². The summed E-state index contributed by atoms with van der Waals surface area (Å²) in [5, 5.41) is 0. The summed E-state index contributed by atoms with van der Waals surface area (Å²) in [6, 6.07) is 6.37. The Morgan fingerprint density at radius 2 is 2.00 bits per heavy atom. The van der Waals surface area contributed by atoms with Crippen LogP contribution in [0, 0.1) is 5.92 Å². The molecule has 1 rings (SSSR count). The Bertz CT molecular complexity index is 364. The molecule has 0 amide bonds. The fourth-order valence-corrected chi connectivity index (χ4v) is 2.73. The number of rotatable bonds is 7. The quantitative estimate of drug-likeness (QED) is 0.811. The van der Waals surface area contributed by atoms with Gasteiger partial charge in [-0.1, -0.05) is 19.9 Å². The Hall–Kier alpha value is -0.670. The molecule has 1 aromatic carbocycles. The minimum atomic E-state index is 0.0783. The van der Waals surface area contributed by atoms with Gasteiger partial charge in [0.15, 0.2) is 0 Å². The maximum atomic E-state index is 5.94. The topological polar surface area (TPSA) is 35.2 Å². The minimum Gasteiger partial charge on any atom is -0.494 e. The molecule has 1 unspecified atom stereocenters. The summed E-state index contributed by atoms with van der Waals surface area (Å²) >= 11 is 1.95. The molecule has 1 atom stereocenters. The molecule has 0 aliphatic carbocycles. The number of nitrogens with two attached hydrogens (primary N) is 1. The van der Waals surface area contributed by atoms with E-state index < -0.39 is 0 Å². The predicted molar refractivity (Wildman–Crippen MR) is 81.2 cm³/mol. The highest BCUT2D eigenvalue weighted by atomic mass is 32.2. The van der Waals surface area contributed by atoms with Crippen molar-refractivity contribution in [2.45, 2.75) is 39.5 Å². The first kappa shape index (κ1) is 15.4. The number of hydrogen-bond acceptors (Lipinski definition) is 3. The molecule has 18 heavy (non-hydrogen) atoms. The van der Waals surface area contributed by atoms with Gasteiger partial charge in [0.05, 0.1) is 6.61 Å². The molecule has 0 spiro atoms. The Labute approximate surface area is 115 Å². The molecule has 102 valence electrons. The largest absolute Gasteiger partial charge is 0.494 e. The Morgan fingerprint density at radius 1 is 1.28 bits per heavy atom. The highest BCUT2D eigenvalue weighted by Crippen LogP contribution is 2.27. The molecule has 0 bridgehead atoms. The van der Waals surface area contributed by atoms with Crippen molar-refractivity contribution in [1.29, 1.82) is 0 Å². The fourth-order valence-electron chi connectivity index (χ4n) is 1.70. The molecular weight excluding hydrogens is 242 g/mol. The van der Waals surface area contributed by atoms with Crippen molar-refractivity contribution < 1.29 is 4.74 Å². The van der Waals surface area contributed by atoms with Crippen LogP contribution < -0.4 is 10.5 Å². The van der Waals surface area contributed by atoms with Crippen molar-refractivity contribution >= 4 is 11.8 Å². The van der Waals surface area contributed by atoms with Gasteiger partial charge in [0.25, 0.3) is 0 Å². The summed E-state index contributed by atoms with van der Waals surface area (Å²) in [5.41, 5.74) is 8.38. The van der Waals surface area contributed by atoms with Gasteiger partial charge in [0.1, 0.15) is 5.75 Å². The van der Waals surface area contributed by atoms with Gasteiger partial charge in [-0.05, 0) is 43.2 Å². The molecule has 0 saturated carbocycles. The lowest BCUT2D eigenvalue weighted by atomic mass is 10.1. The van der Waals surface area contributed by atoms with Crippen molar-refractivity contribution in [2.24, 2.45) is 11.7 Å². The summed E-state index contributed by atoms with van der Waals surface area (Å²) in [7, 11) is 0. The maximum Gasteiger partial charge on any atom is 0.123 e. The van der Waals surface area contributed by atoms with Gasteiger partial charge in [0, 0.05) is 17.4 Å². The summed E-state index contributed by atoms with van der Waals surface area (Å²) in [4.78, 5) is 0. The van der Waals surface area contributed by atoms with Crippen molar-refractivity contribution in [3.63, 3.8) is 0 Å². The Kier molecular flexibility index (Phi) is 6.58. The van der Waals surface area contributed by atoms with E-state index in [1.54, 1.807) is 0 Å². The van der Waals surface area contributed by atoms with Crippen molar-refractivity contribution in [3.05, 3.63) is 29.3 Å². The first-order valence-corrected chi connectivity index (χ1v) is 7.79. The van der Waals surface area contributed by atoms with E-state index in [2.05, 4.69) is 26.0 Å². The van der Waals surface area contributed by atoms with Crippen molar-refractivity contribution in [3.8, 4) is 5.75 Å². The van der Waals surface area contributed by atoms with E-state index in [1.807, 2.05) is 31.7 Å². The number of ether oxygens (including phenoxy) is 1. The maximum absolute atomic E-state index is 5.94. The van der Waals surface area contributed by atoms with E-state index >= 15 is 0 Å². The van der Waals surface area contributed by atoms with Gasteiger partial charge in [-0.25, -0.2) is 0 Å². The van der Waals surface area contributed by atoms with Gasteiger partial charge in [0.2, 0.25) is 0 Å². The van der Waals surface area contributed by atoms with Crippen LogP contribution in [0.5, 0.6) is 5.75 Å². The van der Waals surface area contributed by atoms with Gasteiger partial charge in [-0.2, -0.15) is 11.8 Å². The summed E-state index contributed by atoms with van der Waals surface area (Å²) in [6.45, 7) is 9.23. The highest BCUT2D eigenvalue weighted by molar-refractivity contribution is 7.98. The van der Waals surface area contributed by atoms with Crippen LogP contribution in [0.2, 0.25) is 0 Å². The number of benzene rings is 1. The second-order valence-corrected chi connectivity index (χ2v) is 6.03. The van der Waals surface area contributed by atoms with Crippen LogP contribution in [0.25, 0.3) is 0 Å². The van der Waals surface area contributed by atoms with Crippen LogP contribution in [-0.2, 0) is 5.75 Å². The first-order valence-electron chi connectivity index (χ1n) is 6.63. The third-order valence-electron chi connectivity index (χ3n) is 2.62. The molecule has 1 aromatic rings. The molecule has 2 nitrogen and oxygen atoms in total. The zero-order chi connectivity index (χ0) is 13.5. The fraction of sp³-hybridized carbons (Fsp3) is 0.600. The standard InChI is InChI=1S/C15H25NOS/c1-5-17-15-7-6-13(12(4)16)8-14(15)10-18-9-11(2)3/h6-8,11-12H,5,9-10,16H2,1-4H3. The van der Waals surface area contributed by atoms with Gasteiger partial charge in [-0.3, -0.25) is 0 Å². The SMILES string of the molecule is CCOc1ccc(C(C)N)cc1CSCC(C)C. The minimum absolute atomic E-state index is 0.0783. The smallest absolute Gasteiger partial charge is 0.123 e. The third-order valence-corrected chi connectivity index (χ3v) is 4.04. The number of thioether (sulfide) groups is 1. The van der Waals surface area contributed by atoms with Crippen molar-refractivity contribution in [2.75, 3.05) is 12.4 Å². The molecule has 0 aromatic heterocycles. The van der Waals surface area contributed by atoms with E-state index in [4.69, 9.17) is 10.5 Å². The molecule has 0 fully saturated rings. The Balaban J connectivity index is 2.79. The molecule has 0 radical (unpaired) electrons. The normalized spacial score (nSPS) is 12.8. The summed E-state index contributed by atoms with van der Waals surface area (Å²) < 4.78 is 5.68. The predicted octanol–water partition coefficient (Wildman–Crippen LogP) is 3.99. The van der Waals surface area contributed by atoms with E-state index in [0.29, 0.717) is 6.61 Å². The number of hydrogen-bond donors (Lipinski definition) is 1. The van der Waals surface area contributed by atoms with E-state index in [0.717, 1.165) is 17.4 Å². The first-order chi connectivity index (χ1) is 8.54. The molecule has 3 heteroatoms. The second kappa shape index (κ2) is 7.70. The summed E-state index contributed by atoms with van der Waals surface area (Å²) in [6.07, 6.45) is 0. The lowest BCUT2D eigenvalue weighted by molar-refractivity contribution is 0.337. The van der Waals surface area contributed by atoms with Crippen LogP contribution in [0.4, 0.5) is 0 Å². The monoisotopic (exact) mass is 267 g/mol. The van der Waals surface area contributed by atoms with E-state index in [1.165, 1.54) is 16.9 Å². The van der Waals surface area contributed by atoms with Gasteiger partial charge < -0.3 is 10.5 Å². The molecule has 0 heterocycles. The average molecular weight is 267 g/mol. The Morgan fingerprint density at radius 3 is 2.56 bits per heavy atom. The molecular formula is C15H25NOS. The third kappa shape index (κ3) is 4.91. The van der Waals surface area contributed by atoms with E-state index in [-0.39, 0.29) is 6.04 Å². The molecule has 0 aliphatic heterocycles. The van der Waals surface area contributed by atoms with Crippen LogP contribution in [0.3, 0.4) is 0 Å². The van der Waals surface area contributed by atoms with Crippen molar-refractivity contribution in [1.82, 2.24) is 0 Å². The summed E-state index contributed by atoms with van der Waals surface area (Å²) in [5.74, 6) is 3.89. The van der Waals surface area contributed by atoms with Crippen LogP contribution in [0.1, 0.15) is 44.9 Å². The average Bonchev–Trinajstić information content (AvgIpc) is 2.30.